The van der Waals surface area contributed by atoms with Crippen LogP contribution in [0.1, 0.15) is 23.6 Å². The summed E-state index contributed by atoms with van der Waals surface area (Å²) in [7, 11) is 0. The molecule has 9 nitrogen and oxygen atoms in total. The third-order valence-electron chi connectivity index (χ3n) is 5.83. The minimum absolute atomic E-state index is 0.0582. The molecule has 1 saturated heterocycles. The average Bonchev–Trinajstić information content (AvgIpc) is 3.17. The molecule has 38 heavy (non-hydrogen) atoms. The molecular weight excluding hydrogens is 484 g/mol. The van der Waals surface area contributed by atoms with Crippen molar-refractivity contribution in [2.45, 2.75) is 20.3 Å². The minimum atomic E-state index is -0.667. The standard InChI is InChI=1S/C29H28N4O5/c1-3-21-6-4-5-7-24(21)31-26(34)17-33-28(36)25(32-29(33)37)16-20-10-14-23(15-11-20)38-18-27(35)30-22-12-8-19(2)9-13-22/h4-16H,3,17-18H2,1-2H3,(H,30,35)(H,31,34)(H,32,37)/b25-16+. The maximum Gasteiger partial charge on any atom is 0.329 e. The highest BCUT2D eigenvalue weighted by molar-refractivity contribution is 6.16. The van der Waals surface area contributed by atoms with E-state index in [1.165, 1.54) is 6.08 Å². The fourth-order valence-corrected chi connectivity index (χ4v) is 3.81. The van der Waals surface area contributed by atoms with Gasteiger partial charge >= 0.3 is 6.03 Å². The first-order chi connectivity index (χ1) is 18.3. The molecule has 1 aliphatic heterocycles. The maximum absolute atomic E-state index is 12.8. The molecule has 0 bridgehead atoms. The molecule has 0 unspecified atom stereocenters. The number of hydrogen-bond acceptors (Lipinski definition) is 5. The van der Waals surface area contributed by atoms with Crippen LogP contribution >= 0.6 is 0 Å². The van der Waals surface area contributed by atoms with E-state index in [1.807, 2.05) is 50.2 Å². The van der Waals surface area contributed by atoms with E-state index in [4.69, 9.17) is 4.74 Å². The molecule has 0 atom stereocenters. The summed E-state index contributed by atoms with van der Waals surface area (Å²) in [5.41, 5.74) is 4.08. The molecule has 1 aliphatic rings. The second-order valence-corrected chi connectivity index (χ2v) is 8.71. The first-order valence-corrected chi connectivity index (χ1v) is 12.1. The van der Waals surface area contributed by atoms with E-state index in [-0.39, 0.29) is 18.2 Å². The Bertz CT molecular complexity index is 1380. The lowest BCUT2D eigenvalue weighted by Crippen LogP contribution is -2.38. The zero-order valence-electron chi connectivity index (χ0n) is 21.1. The van der Waals surface area contributed by atoms with Gasteiger partial charge in [-0.1, -0.05) is 55.0 Å². The van der Waals surface area contributed by atoms with Crippen LogP contribution in [0.3, 0.4) is 0 Å². The summed E-state index contributed by atoms with van der Waals surface area (Å²) >= 11 is 0. The average molecular weight is 513 g/mol. The number of hydrogen-bond donors (Lipinski definition) is 3. The summed E-state index contributed by atoms with van der Waals surface area (Å²) in [4.78, 5) is 50.6. The Morgan fingerprint density at radius 2 is 1.63 bits per heavy atom. The third-order valence-corrected chi connectivity index (χ3v) is 5.83. The SMILES string of the molecule is CCc1ccccc1NC(=O)CN1C(=O)N/C(=C/c2ccc(OCC(=O)Nc3ccc(C)cc3)cc2)C1=O. The lowest BCUT2D eigenvalue weighted by atomic mass is 10.1. The van der Waals surface area contributed by atoms with Crippen molar-refractivity contribution in [1.82, 2.24) is 10.2 Å². The van der Waals surface area contributed by atoms with Crippen LogP contribution < -0.4 is 20.7 Å². The molecule has 1 heterocycles. The molecule has 0 saturated carbocycles. The Balaban J connectivity index is 1.31. The van der Waals surface area contributed by atoms with Crippen LogP contribution in [0.25, 0.3) is 6.08 Å². The van der Waals surface area contributed by atoms with Gasteiger partial charge in [0.25, 0.3) is 11.8 Å². The topological polar surface area (TPSA) is 117 Å². The van der Waals surface area contributed by atoms with E-state index in [0.717, 1.165) is 22.4 Å². The number of benzene rings is 3. The van der Waals surface area contributed by atoms with Gasteiger partial charge in [-0.25, -0.2) is 9.69 Å². The van der Waals surface area contributed by atoms with Gasteiger partial charge in [0.05, 0.1) is 0 Å². The van der Waals surface area contributed by atoms with Gasteiger partial charge in [0.2, 0.25) is 5.91 Å². The first-order valence-electron chi connectivity index (χ1n) is 12.1. The second-order valence-electron chi connectivity index (χ2n) is 8.71. The van der Waals surface area contributed by atoms with Crippen LogP contribution in [0.5, 0.6) is 5.75 Å². The molecule has 9 heteroatoms. The van der Waals surface area contributed by atoms with Crippen LogP contribution in [0.4, 0.5) is 16.2 Å². The van der Waals surface area contributed by atoms with E-state index in [2.05, 4.69) is 16.0 Å². The molecular formula is C29H28N4O5. The number of carbonyl (C=O) groups is 4. The predicted molar refractivity (Wildman–Crippen MR) is 144 cm³/mol. The number of aryl methyl sites for hydroxylation is 2. The lowest BCUT2D eigenvalue weighted by molar-refractivity contribution is -0.127. The first kappa shape index (κ1) is 26.2. The fraction of sp³-hybridized carbons (Fsp3) is 0.172. The maximum atomic E-state index is 12.8. The van der Waals surface area contributed by atoms with Gasteiger partial charge in [-0.05, 0) is 60.9 Å². The van der Waals surface area contributed by atoms with Gasteiger partial charge < -0.3 is 20.7 Å². The summed E-state index contributed by atoms with van der Waals surface area (Å²) in [6.07, 6.45) is 2.25. The highest BCUT2D eigenvalue weighted by Crippen LogP contribution is 2.19. The smallest absolute Gasteiger partial charge is 0.329 e. The Labute approximate surface area is 220 Å². The Hall–Kier alpha value is -4.92. The Kier molecular flexibility index (Phi) is 8.17. The fourth-order valence-electron chi connectivity index (χ4n) is 3.81. The summed E-state index contributed by atoms with van der Waals surface area (Å²) in [6.45, 7) is 3.37. The van der Waals surface area contributed by atoms with Gasteiger partial charge in [-0.2, -0.15) is 0 Å². The van der Waals surface area contributed by atoms with Crippen molar-refractivity contribution >= 4 is 41.2 Å². The van der Waals surface area contributed by atoms with Crippen molar-refractivity contribution in [3.05, 3.63) is 95.2 Å². The molecule has 3 aromatic carbocycles. The zero-order chi connectivity index (χ0) is 27.1. The molecule has 3 aromatic rings. The van der Waals surface area contributed by atoms with Crippen molar-refractivity contribution in [3.63, 3.8) is 0 Å². The number of ether oxygens (including phenoxy) is 1. The monoisotopic (exact) mass is 512 g/mol. The number of amides is 5. The van der Waals surface area contributed by atoms with Gasteiger partial charge in [0, 0.05) is 11.4 Å². The largest absolute Gasteiger partial charge is 0.484 e. The molecule has 5 amide bonds. The second kappa shape index (κ2) is 11.9. The molecule has 194 valence electrons. The molecule has 1 fully saturated rings. The van der Waals surface area contributed by atoms with Gasteiger partial charge in [0.15, 0.2) is 6.61 Å². The van der Waals surface area contributed by atoms with Crippen molar-refractivity contribution in [2.75, 3.05) is 23.8 Å². The van der Waals surface area contributed by atoms with Crippen LogP contribution in [0, 0.1) is 6.92 Å². The predicted octanol–water partition coefficient (Wildman–Crippen LogP) is 4.11. The van der Waals surface area contributed by atoms with Crippen molar-refractivity contribution in [3.8, 4) is 5.75 Å². The van der Waals surface area contributed by atoms with E-state index in [1.54, 1.807) is 36.4 Å². The number of rotatable bonds is 9. The molecule has 3 N–H and O–H groups in total. The van der Waals surface area contributed by atoms with Crippen LogP contribution in [0.2, 0.25) is 0 Å². The molecule has 0 radical (unpaired) electrons. The number of nitrogens with one attached hydrogen (secondary N) is 3. The molecule has 0 aromatic heterocycles. The summed E-state index contributed by atoms with van der Waals surface area (Å²) in [6, 6.07) is 20.8. The van der Waals surface area contributed by atoms with Gasteiger partial charge in [0.1, 0.15) is 18.0 Å². The van der Waals surface area contributed by atoms with Crippen molar-refractivity contribution in [2.24, 2.45) is 0 Å². The van der Waals surface area contributed by atoms with E-state index in [0.29, 0.717) is 22.7 Å². The normalized spacial score (nSPS) is 13.8. The molecule has 0 spiro atoms. The number of urea groups is 1. The number of carbonyl (C=O) groups excluding carboxylic acids is 4. The quantitative estimate of drug-likeness (QED) is 0.295. The Morgan fingerprint density at radius 1 is 0.921 bits per heavy atom. The molecule has 0 aliphatic carbocycles. The summed E-state index contributed by atoms with van der Waals surface area (Å²) < 4.78 is 5.53. The number of anilines is 2. The summed E-state index contributed by atoms with van der Waals surface area (Å²) in [5.74, 6) is -0.883. The van der Waals surface area contributed by atoms with Gasteiger partial charge in [-0.3, -0.25) is 14.4 Å². The van der Waals surface area contributed by atoms with Crippen molar-refractivity contribution < 1.29 is 23.9 Å². The highest BCUT2D eigenvalue weighted by Gasteiger charge is 2.35. The van der Waals surface area contributed by atoms with Crippen LogP contribution in [-0.2, 0) is 20.8 Å². The molecule has 4 rings (SSSR count). The van der Waals surface area contributed by atoms with Crippen molar-refractivity contribution in [1.29, 1.82) is 0 Å². The minimum Gasteiger partial charge on any atom is -0.484 e. The van der Waals surface area contributed by atoms with E-state index >= 15 is 0 Å². The van der Waals surface area contributed by atoms with E-state index in [9.17, 15) is 19.2 Å². The van der Waals surface area contributed by atoms with Crippen LogP contribution in [-0.4, -0.2) is 41.8 Å². The highest BCUT2D eigenvalue weighted by atomic mass is 16.5. The van der Waals surface area contributed by atoms with Crippen LogP contribution in [0.15, 0.2) is 78.5 Å². The lowest BCUT2D eigenvalue weighted by Gasteiger charge is -2.13. The van der Waals surface area contributed by atoms with Gasteiger partial charge in [-0.15, -0.1) is 0 Å². The Morgan fingerprint density at radius 3 is 2.34 bits per heavy atom. The number of nitrogens with zero attached hydrogens (tertiary/aromatic N) is 1. The number of imide groups is 1. The van der Waals surface area contributed by atoms with E-state index < -0.39 is 24.4 Å². The zero-order valence-corrected chi connectivity index (χ0v) is 21.1. The third kappa shape index (κ3) is 6.64. The number of para-hydroxylation sites is 1. The summed E-state index contributed by atoms with van der Waals surface area (Å²) in [5, 5.41) is 8.03.